The van der Waals surface area contributed by atoms with E-state index in [-0.39, 0.29) is 17.3 Å². The zero-order valence-corrected chi connectivity index (χ0v) is 5.06. The highest BCUT2D eigenvalue weighted by Crippen LogP contribution is 2.28. The lowest BCUT2D eigenvalue weighted by Gasteiger charge is -2.27. The van der Waals surface area contributed by atoms with E-state index < -0.39 is 0 Å². The van der Waals surface area contributed by atoms with Gasteiger partial charge in [-0.15, -0.1) is 0 Å². The van der Waals surface area contributed by atoms with Gasteiger partial charge in [-0.3, -0.25) is 4.79 Å². The van der Waals surface area contributed by atoms with Gasteiger partial charge in [0.05, 0.1) is 6.10 Å². The lowest BCUT2D eigenvalue weighted by Crippen LogP contribution is -2.31. The van der Waals surface area contributed by atoms with Gasteiger partial charge in [-0.05, 0) is 24.4 Å². The zero-order chi connectivity index (χ0) is 6.15. The van der Waals surface area contributed by atoms with Crippen LogP contribution in [0.15, 0.2) is 0 Å². The average Bonchev–Trinajstić information content (AvgIpc) is 1.57. The number of aliphatic hydroxyl groups excluding tert-OH is 1. The second-order valence-electron chi connectivity index (χ2n) is 2.13. The van der Waals surface area contributed by atoms with Crippen LogP contribution >= 0.6 is 11.6 Å². The molecule has 0 radical (unpaired) electrons. The van der Waals surface area contributed by atoms with Crippen LogP contribution in [-0.2, 0) is 4.79 Å². The van der Waals surface area contributed by atoms with Crippen LogP contribution in [0.2, 0.25) is 0 Å². The lowest BCUT2D eigenvalue weighted by molar-refractivity contribution is -0.121. The Morgan fingerprint density at radius 3 is 2.25 bits per heavy atom. The van der Waals surface area contributed by atoms with Gasteiger partial charge in [-0.1, -0.05) is 0 Å². The summed E-state index contributed by atoms with van der Waals surface area (Å²) in [5, 5.41) is 8.35. The first kappa shape index (κ1) is 6.05. The zero-order valence-electron chi connectivity index (χ0n) is 4.30. The Kier molecular flexibility index (Phi) is 1.54. The summed E-state index contributed by atoms with van der Waals surface area (Å²) in [6.07, 6.45) is 0.840. The van der Waals surface area contributed by atoms with E-state index in [4.69, 9.17) is 16.7 Å². The predicted octanol–water partition coefficient (Wildman–Crippen LogP) is 0.523. The Morgan fingerprint density at radius 2 is 2.12 bits per heavy atom. The van der Waals surface area contributed by atoms with Crippen molar-refractivity contribution < 1.29 is 9.90 Å². The van der Waals surface area contributed by atoms with E-state index in [9.17, 15) is 4.79 Å². The first-order valence-corrected chi connectivity index (χ1v) is 2.95. The highest BCUT2D eigenvalue weighted by molar-refractivity contribution is 6.64. The molecule has 1 fully saturated rings. The van der Waals surface area contributed by atoms with Crippen molar-refractivity contribution in [3.05, 3.63) is 0 Å². The lowest BCUT2D eigenvalue weighted by atomic mass is 9.84. The number of rotatable bonds is 1. The summed E-state index contributed by atoms with van der Waals surface area (Å²) in [5.74, 6) is -0.0633. The molecular formula is C5H7ClO2. The summed E-state index contributed by atoms with van der Waals surface area (Å²) in [4.78, 5) is 10.2. The van der Waals surface area contributed by atoms with E-state index in [2.05, 4.69) is 0 Å². The summed E-state index contributed by atoms with van der Waals surface area (Å²) in [5.41, 5.74) is 0. The number of aliphatic hydroxyl groups is 1. The molecule has 1 aliphatic carbocycles. The van der Waals surface area contributed by atoms with Crippen LogP contribution in [0.3, 0.4) is 0 Å². The van der Waals surface area contributed by atoms with Gasteiger partial charge in [0.25, 0.3) is 0 Å². The molecule has 0 saturated heterocycles. The maximum Gasteiger partial charge on any atom is 0.224 e. The molecule has 0 aromatic carbocycles. The molecule has 1 saturated carbocycles. The minimum atomic E-state index is -0.310. The summed E-state index contributed by atoms with van der Waals surface area (Å²) in [6, 6.07) is 0. The van der Waals surface area contributed by atoms with Crippen molar-refractivity contribution in [2.24, 2.45) is 5.92 Å². The maximum absolute atomic E-state index is 10.2. The number of hydrogen-bond donors (Lipinski definition) is 1. The van der Waals surface area contributed by atoms with E-state index in [0.29, 0.717) is 12.8 Å². The molecular weight excluding hydrogens is 128 g/mol. The number of carbonyl (C=O) groups is 1. The fraction of sp³-hybridized carbons (Fsp3) is 0.800. The minimum Gasteiger partial charge on any atom is -0.393 e. The van der Waals surface area contributed by atoms with Crippen LogP contribution in [0, 0.1) is 5.92 Å². The Labute approximate surface area is 52.5 Å². The summed E-state index contributed by atoms with van der Waals surface area (Å²) in [6.45, 7) is 0. The van der Waals surface area contributed by atoms with Crippen molar-refractivity contribution in [1.82, 2.24) is 0 Å². The first-order valence-electron chi connectivity index (χ1n) is 2.57. The number of hydrogen-bond acceptors (Lipinski definition) is 2. The third kappa shape index (κ3) is 1.01. The largest absolute Gasteiger partial charge is 0.393 e. The Hall–Kier alpha value is -0.0800. The summed E-state index contributed by atoms with van der Waals surface area (Å²) < 4.78 is 0. The molecule has 0 unspecified atom stereocenters. The second kappa shape index (κ2) is 2.03. The van der Waals surface area contributed by atoms with Gasteiger partial charge in [0.2, 0.25) is 5.24 Å². The van der Waals surface area contributed by atoms with Gasteiger partial charge in [0.1, 0.15) is 0 Å². The van der Waals surface area contributed by atoms with Crippen LogP contribution in [0.25, 0.3) is 0 Å². The molecule has 0 bridgehead atoms. The van der Waals surface area contributed by atoms with E-state index in [0.717, 1.165) is 0 Å². The van der Waals surface area contributed by atoms with E-state index in [1.54, 1.807) is 0 Å². The Balaban J connectivity index is 2.25. The first-order chi connectivity index (χ1) is 3.70. The van der Waals surface area contributed by atoms with Gasteiger partial charge in [0.15, 0.2) is 0 Å². The number of halogens is 1. The molecule has 1 N–H and O–H groups in total. The summed E-state index contributed by atoms with van der Waals surface area (Å²) >= 11 is 5.09. The van der Waals surface area contributed by atoms with Crippen LogP contribution in [0.1, 0.15) is 12.8 Å². The van der Waals surface area contributed by atoms with Crippen molar-refractivity contribution in [2.75, 3.05) is 0 Å². The predicted molar refractivity (Wildman–Crippen MR) is 29.6 cm³/mol. The fourth-order valence-corrected chi connectivity index (χ4v) is 0.951. The molecule has 0 amide bonds. The SMILES string of the molecule is O=C(Cl)C1CC(O)C1. The normalized spacial score (nSPS) is 36.2. The van der Waals surface area contributed by atoms with Gasteiger partial charge in [-0.25, -0.2) is 0 Å². The van der Waals surface area contributed by atoms with Crippen molar-refractivity contribution in [1.29, 1.82) is 0 Å². The van der Waals surface area contributed by atoms with Crippen molar-refractivity contribution >= 4 is 16.8 Å². The smallest absolute Gasteiger partial charge is 0.224 e. The summed E-state index contributed by atoms with van der Waals surface area (Å²) in [7, 11) is 0. The van der Waals surface area contributed by atoms with Gasteiger partial charge in [0, 0.05) is 5.92 Å². The van der Waals surface area contributed by atoms with E-state index in [1.165, 1.54) is 0 Å². The van der Waals surface area contributed by atoms with Crippen molar-refractivity contribution in [3.63, 3.8) is 0 Å². The molecule has 3 heteroatoms. The molecule has 46 valence electrons. The molecule has 8 heavy (non-hydrogen) atoms. The Morgan fingerprint density at radius 1 is 1.62 bits per heavy atom. The van der Waals surface area contributed by atoms with Crippen LogP contribution < -0.4 is 0 Å². The number of carbonyl (C=O) groups excluding carboxylic acids is 1. The van der Waals surface area contributed by atoms with Gasteiger partial charge in [-0.2, -0.15) is 0 Å². The maximum atomic E-state index is 10.2. The van der Waals surface area contributed by atoms with Crippen molar-refractivity contribution in [3.8, 4) is 0 Å². The Bertz CT molecular complexity index is 107. The molecule has 0 atom stereocenters. The molecule has 1 rings (SSSR count). The van der Waals surface area contributed by atoms with Gasteiger partial charge < -0.3 is 5.11 Å². The third-order valence-corrected chi connectivity index (χ3v) is 1.74. The minimum absolute atomic E-state index is 0.0633. The average molecular weight is 135 g/mol. The van der Waals surface area contributed by atoms with Gasteiger partial charge >= 0.3 is 0 Å². The van der Waals surface area contributed by atoms with E-state index >= 15 is 0 Å². The highest BCUT2D eigenvalue weighted by Gasteiger charge is 2.31. The molecule has 0 aromatic heterocycles. The van der Waals surface area contributed by atoms with Crippen LogP contribution in [0.4, 0.5) is 0 Å². The highest BCUT2D eigenvalue weighted by atomic mass is 35.5. The molecule has 1 aliphatic rings. The molecule has 2 nitrogen and oxygen atoms in total. The topological polar surface area (TPSA) is 37.3 Å². The molecule has 0 aliphatic heterocycles. The van der Waals surface area contributed by atoms with Crippen molar-refractivity contribution in [2.45, 2.75) is 18.9 Å². The molecule has 0 spiro atoms. The standard InChI is InChI=1S/C5H7ClO2/c6-5(8)3-1-4(7)2-3/h3-4,7H,1-2H2. The molecule has 0 heterocycles. The fourth-order valence-electron chi connectivity index (χ4n) is 0.773. The quantitative estimate of drug-likeness (QED) is 0.531. The molecule has 0 aromatic rings. The second-order valence-corrected chi connectivity index (χ2v) is 2.50. The van der Waals surface area contributed by atoms with Crippen LogP contribution in [-0.4, -0.2) is 16.5 Å². The van der Waals surface area contributed by atoms with Crippen LogP contribution in [0.5, 0.6) is 0 Å². The van der Waals surface area contributed by atoms with E-state index in [1.807, 2.05) is 0 Å². The third-order valence-electron chi connectivity index (χ3n) is 1.43. The monoisotopic (exact) mass is 134 g/mol.